The van der Waals surface area contributed by atoms with Crippen LogP contribution in [0.15, 0.2) is 58.5 Å². The summed E-state index contributed by atoms with van der Waals surface area (Å²) in [6.07, 6.45) is 0.650. The molecule has 2 aromatic carbocycles. The monoisotopic (exact) mass is 472 g/mol. The van der Waals surface area contributed by atoms with Gasteiger partial charge in [-0.05, 0) is 35.4 Å². The summed E-state index contributed by atoms with van der Waals surface area (Å²) in [7, 11) is 0. The molecule has 0 aliphatic carbocycles. The fourth-order valence-corrected chi connectivity index (χ4v) is 4.33. The number of thioether (sulfide) groups is 1. The Labute approximate surface area is 194 Å². The standard InChI is InChI=1S/C23H22ClFN4O2S/c24-17-5-1-15(2-6-17)11-26-21(30)14-32-23-27-20-9-10-29(13-19(20)22(31)28-23)12-16-3-7-18(25)8-4-16/h1-8H,9-14H2,(H,26,30)(H,27,28,31). The number of halogens is 2. The number of hydrogen-bond donors (Lipinski definition) is 2. The van der Waals surface area contributed by atoms with E-state index in [1.54, 1.807) is 24.3 Å². The second-order valence-corrected chi connectivity index (χ2v) is 8.98. The van der Waals surface area contributed by atoms with Crippen molar-refractivity contribution in [2.75, 3.05) is 12.3 Å². The minimum absolute atomic E-state index is 0.143. The molecule has 2 N–H and O–H groups in total. The van der Waals surface area contributed by atoms with Crippen LogP contribution >= 0.6 is 23.4 Å². The van der Waals surface area contributed by atoms with E-state index in [0.717, 1.165) is 23.4 Å². The molecule has 0 bridgehead atoms. The van der Waals surface area contributed by atoms with Gasteiger partial charge < -0.3 is 10.3 Å². The van der Waals surface area contributed by atoms with Gasteiger partial charge in [-0.2, -0.15) is 0 Å². The molecular weight excluding hydrogens is 451 g/mol. The van der Waals surface area contributed by atoms with Crippen molar-refractivity contribution in [2.24, 2.45) is 0 Å². The van der Waals surface area contributed by atoms with Crippen LogP contribution in [-0.2, 0) is 30.8 Å². The summed E-state index contributed by atoms with van der Waals surface area (Å²) >= 11 is 7.07. The molecule has 166 valence electrons. The number of fused-ring (bicyclic) bond motifs is 1. The molecule has 1 aliphatic rings. The van der Waals surface area contributed by atoms with E-state index < -0.39 is 0 Å². The van der Waals surface area contributed by atoms with Crippen molar-refractivity contribution in [3.63, 3.8) is 0 Å². The van der Waals surface area contributed by atoms with Crippen molar-refractivity contribution in [1.29, 1.82) is 0 Å². The van der Waals surface area contributed by atoms with E-state index in [9.17, 15) is 14.0 Å². The largest absolute Gasteiger partial charge is 0.351 e. The highest BCUT2D eigenvalue weighted by molar-refractivity contribution is 7.99. The zero-order chi connectivity index (χ0) is 22.5. The second-order valence-electron chi connectivity index (χ2n) is 7.58. The van der Waals surface area contributed by atoms with Crippen LogP contribution in [-0.4, -0.2) is 33.1 Å². The van der Waals surface area contributed by atoms with Gasteiger partial charge in [0.15, 0.2) is 5.16 Å². The Kier molecular flexibility index (Phi) is 7.24. The van der Waals surface area contributed by atoms with Crippen LogP contribution in [0.25, 0.3) is 0 Å². The Balaban J connectivity index is 1.31. The number of amides is 1. The first kappa shape index (κ1) is 22.5. The van der Waals surface area contributed by atoms with E-state index in [1.165, 1.54) is 23.9 Å². The molecule has 4 rings (SSSR count). The van der Waals surface area contributed by atoms with Crippen LogP contribution in [0.2, 0.25) is 5.02 Å². The number of aromatic nitrogens is 2. The van der Waals surface area contributed by atoms with E-state index >= 15 is 0 Å². The maximum absolute atomic E-state index is 13.1. The normalized spacial score (nSPS) is 13.6. The molecule has 0 atom stereocenters. The summed E-state index contributed by atoms with van der Waals surface area (Å²) < 4.78 is 13.1. The third-order valence-corrected chi connectivity index (χ3v) is 6.31. The number of carbonyl (C=O) groups is 1. The van der Waals surface area contributed by atoms with Crippen LogP contribution in [0, 0.1) is 5.82 Å². The zero-order valence-corrected chi connectivity index (χ0v) is 18.8. The van der Waals surface area contributed by atoms with Gasteiger partial charge in [0.05, 0.1) is 17.0 Å². The fraction of sp³-hybridized carbons (Fsp3) is 0.261. The molecule has 0 saturated heterocycles. The van der Waals surface area contributed by atoms with Gasteiger partial charge in [0.2, 0.25) is 5.91 Å². The Bertz CT molecular complexity index is 1150. The Morgan fingerprint density at radius 2 is 1.88 bits per heavy atom. The third kappa shape index (κ3) is 5.97. The number of carbonyl (C=O) groups excluding carboxylic acids is 1. The highest BCUT2D eigenvalue weighted by atomic mass is 35.5. The maximum Gasteiger partial charge on any atom is 0.256 e. The number of aromatic amines is 1. The van der Waals surface area contributed by atoms with Gasteiger partial charge in [0.1, 0.15) is 5.82 Å². The summed E-state index contributed by atoms with van der Waals surface area (Å²) in [4.78, 5) is 34.3. The number of nitrogens with zero attached hydrogens (tertiary/aromatic N) is 2. The predicted molar refractivity (Wildman–Crippen MR) is 123 cm³/mol. The molecule has 6 nitrogen and oxygen atoms in total. The first-order valence-corrected chi connectivity index (χ1v) is 11.6. The van der Waals surface area contributed by atoms with Crippen LogP contribution in [0.5, 0.6) is 0 Å². The van der Waals surface area contributed by atoms with Crippen molar-refractivity contribution >= 4 is 29.3 Å². The van der Waals surface area contributed by atoms with Gasteiger partial charge >= 0.3 is 0 Å². The molecule has 0 radical (unpaired) electrons. The van der Waals surface area contributed by atoms with E-state index in [2.05, 4.69) is 20.2 Å². The molecule has 1 aliphatic heterocycles. The summed E-state index contributed by atoms with van der Waals surface area (Å²) in [5.41, 5.74) is 3.19. The Hall–Kier alpha value is -2.68. The number of rotatable bonds is 7. The fourth-order valence-electron chi connectivity index (χ4n) is 3.50. The van der Waals surface area contributed by atoms with Crippen LogP contribution in [0.3, 0.4) is 0 Å². The molecule has 9 heteroatoms. The first-order chi connectivity index (χ1) is 15.5. The summed E-state index contributed by atoms with van der Waals surface area (Å²) in [6, 6.07) is 13.7. The molecule has 1 aromatic heterocycles. The van der Waals surface area contributed by atoms with Crippen molar-refractivity contribution in [3.05, 3.63) is 92.1 Å². The van der Waals surface area contributed by atoms with Gasteiger partial charge in [-0.15, -0.1) is 0 Å². The van der Waals surface area contributed by atoms with E-state index in [4.69, 9.17) is 11.6 Å². The zero-order valence-electron chi connectivity index (χ0n) is 17.2. The summed E-state index contributed by atoms with van der Waals surface area (Å²) in [6.45, 7) is 2.30. The topological polar surface area (TPSA) is 78.1 Å². The van der Waals surface area contributed by atoms with Crippen molar-refractivity contribution < 1.29 is 9.18 Å². The average Bonchev–Trinajstić information content (AvgIpc) is 2.79. The second kappa shape index (κ2) is 10.3. The van der Waals surface area contributed by atoms with Crippen molar-refractivity contribution in [1.82, 2.24) is 20.2 Å². The van der Waals surface area contributed by atoms with Gasteiger partial charge in [-0.25, -0.2) is 9.37 Å². The van der Waals surface area contributed by atoms with Crippen LogP contribution < -0.4 is 10.9 Å². The summed E-state index contributed by atoms with van der Waals surface area (Å²) in [5, 5.41) is 3.94. The Morgan fingerprint density at radius 3 is 2.62 bits per heavy atom. The summed E-state index contributed by atoms with van der Waals surface area (Å²) in [5.74, 6) is -0.246. The van der Waals surface area contributed by atoms with Gasteiger partial charge in [-0.1, -0.05) is 47.6 Å². The quantitative estimate of drug-likeness (QED) is 0.406. The smallest absolute Gasteiger partial charge is 0.256 e. The maximum atomic E-state index is 13.1. The highest BCUT2D eigenvalue weighted by Crippen LogP contribution is 2.19. The lowest BCUT2D eigenvalue weighted by Gasteiger charge is -2.27. The molecular formula is C23H22ClFN4O2S. The van der Waals surface area contributed by atoms with Gasteiger partial charge in [-0.3, -0.25) is 14.5 Å². The van der Waals surface area contributed by atoms with Gasteiger partial charge in [0.25, 0.3) is 5.56 Å². The minimum Gasteiger partial charge on any atom is -0.351 e. The minimum atomic E-state index is -0.262. The lowest BCUT2D eigenvalue weighted by Crippen LogP contribution is -2.35. The third-order valence-electron chi connectivity index (χ3n) is 5.19. The SMILES string of the molecule is O=C(CSc1nc2c(c(=O)[nH]1)CN(Cc1ccc(F)cc1)CC2)NCc1ccc(Cl)cc1. The lowest BCUT2D eigenvalue weighted by molar-refractivity contribution is -0.118. The Morgan fingerprint density at radius 1 is 1.16 bits per heavy atom. The van der Waals surface area contributed by atoms with Crippen molar-refractivity contribution in [3.8, 4) is 0 Å². The number of hydrogen-bond acceptors (Lipinski definition) is 5. The number of benzene rings is 2. The van der Waals surface area contributed by atoms with E-state index in [1.807, 2.05) is 12.1 Å². The molecule has 0 fully saturated rings. The predicted octanol–water partition coefficient (Wildman–Crippen LogP) is 3.53. The molecule has 32 heavy (non-hydrogen) atoms. The van der Waals surface area contributed by atoms with Crippen molar-refractivity contribution in [2.45, 2.75) is 31.2 Å². The molecule has 0 spiro atoms. The lowest BCUT2D eigenvalue weighted by atomic mass is 10.1. The molecule has 3 aromatic rings. The molecule has 0 unspecified atom stereocenters. The van der Waals surface area contributed by atoms with Crippen LogP contribution in [0.4, 0.5) is 4.39 Å². The van der Waals surface area contributed by atoms with E-state index in [0.29, 0.717) is 41.8 Å². The first-order valence-electron chi connectivity index (χ1n) is 10.2. The highest BCUT2D eigenvalue weighted by Gasteiger charge is 2.21. The molecule has 1 amide bonds. The average molecular weight is 473 g/mol. The number of H-pyrrole nitrogens is 1. The molecule has 0 saturated carbocycles. The van der Waals surface area contributed by atoms with E-state index in [-0.39, 0.29) is 23.0 Å². The van der Waals surface area contributed by atoms with Crippen LogP contribution in [0.1, 0.15) is 22.4 Å². The van der Waals surface area contributed by atoms with Gasteiger partial charge in [0, 0.05) is 37.6 Å². The number of nitrogens with one attached hydrogen (secondary N) is 2. The molecule has 2 heterocycles.